The van der Waals surface area contributed by atoms with Crippen molar-refractivity contribution in [3.05, 3.63) is 35.9 Å². The average Bonchev–Trinajstić information content (AvgIpc) is 2.97. The topological polar surface area (TPSA) is 82.1 Å². The molecule has 0 saturated carbocycles. The fourth-order valence-electron chi connectivity index (χ4n) is 1.79. The number of ether oxygens (including phenoxy) is 3. The van der Waals surface area contributed by atoms with Gasteiger partial charge in [-0.05, 0) is 23.8 Å². The quantitative estimate of drug-likeness (QED) is 0.601. The zero-order valence-corrected chi connectivity index (χ0v) is 12.0. The molecule has 7 nitrogen and oxygen atoms in total. The first kappa shape index (κ1) is 15.6. The molecule has 2 amide bonds. The van der Waals surface area contributed by atoms with E-state index in [2.05, 4.69) is 4.74 Å². The van der Waals surface area contributed by atoms with Gasteiger partial charge in [0.25, 0.3) is 5.91 Å². The van der Waals surface area contributed by atoms with Crippen molar-refractivity contribution in [2.45, 2.75) is 0 Å². The Morgan fingerprint density at radius 1 is 1.41 bits per heavy atom. The molecule has 0 bridgehead atoms. The number of benzene rings is 1. The van der Waals surface area contributed by atoms with Gasteiger partial charge in [-0.2, -0.15) is 0 Å². The molecule has 116 valence electrons. The van der Waals surface area contributed by atoms with Gasteiger partial charge in [0, 0.05) is 6.08 Å². The van der Waals surface area contributed by atoms with E-state index in [-0.39, 0.29) is 13.2 Å². The lowest BCUT2D eigenvalue weighted by Crippen LogP contribution is -2.35. The molecule has 1 heterocycles. The second-order valence-electron chi connectivity index (χ2n) is 4.38. The Morgan fingerprint density at radius 2 is 2.23 bits per heavy atom. The highest BCUT2D eigenvalue weighted by atomic mass is 16.6. The molecule has 1 fully saturated rings. The highest BCUT2D eigenvalue weighted by Gasteiger charge is 2.28. The maximum absolute atomic E-state index is 11.6. The third-order valence-corrected chi connectivity index (χ3v) is 2.91. The Morgan fingerprint density at radius 3 is 2.91 bits per heavy atom. The van der Waals surface area contributed by atoms with Crippen molar-refractivity contribution in [1.82, 2.24) is 4.90 Å². The number of nitrogens with zero attached hydrogens (tertiary/aromatic N) is 1. The van der Waals surface area contributed by atoms with Crippen LogP contribution in [-0.2, 0) is 19.1 Å². The van der Waals surface area contributed by atoms with Gasteiger partial charge in [-0.25, -0.2) is 14.5 Å². The van der Waals surface area contributed by atoms with Gasteiger partial charge in [-0.1, -0.05) is 12.1 Å². The fourth-order valence-corrected chi connectivity index (χ4v) is 1.79. The molecule has 22 heavy (non-hydrogen) atoms. The van der Waals surface area contributed by atoms with Crippen molar-refractivity contribution in [2.75, 3.05) is 26.9 Å². The first-order valence-electron chi connectivity index (χ1n) is 6.56. The maximum atomic E-state index is 11.6. The smallest absolute Gasteiger partial charge is 0.416 e. The third-order valence-electron chi connectivity index (χ3n) is 2.91. The minimum atomic E-state index is -0.715. The maximum Gasteiger partial charge on any atom is 0.416 e. The summed E-state index contributed by atoms with van der Waals surface area (Å²) in [4.78, 5) is 35.2. The van der Waals surface area contributed by atoms with Gasteiger partial charge in [0.15, 0.2) is 6.61 Å². The molecule has 0 aromatic heterocycles. The SMILES string of the molecule is COc1cccc(/C=C/C(=O)OCC(=O)N2CCOC2=O)c1. The number of amides is 2. The minimum absolute atomic E-state index is 0.161. The van der Waals surface area contributed by atoms with Crippen LogP contribution >= 0.6 is 0 Å². The number of rotatable bonds is 5. The molecule has 0 radical (unpaired) electrons. The van der Waals surface area contributed by atoms with Crippen LogP contribution in [0.15, 0.2) is 30.3 Å². The Balaban J connectivity index is 1.83. The zero-order valence-electron chi connectivity index (χ0n) is 12.0. The van der Waals surface area contributed by atoms with E-state index in [1.54, 1.807) is 37.5 Å². The predicted molar refractivity (Wildman–Crippen MR) is 76.0 cm³/mol. The summed E-state index contributed by atoms with van der Waals surface area (Å²) in [6, 6.07) is 7.10. The van der Waals surface area contributed by atoms with Crippen LogP contribution in [-0.4, -0.2) is 49.7 Å². The highest BCUT2D eigenvalue weighted by molar-refractivity contribution is 5.95. The van der Waals surface area contributed by atoms with Gasteiger partial charge in [-0.15, -0.1) is 0 Å². The number of hydrogen-bond acceptors (Lipinski definition) is 6. The van der Waals surface area contributed by atoms with Crippen LogP contribution in [0, 0.1) is 0 Å². The molecular formula is C15H15NO6. The van der Waals surface area contributed by atoms with Crippen molar-refractivity contribution in [2.24, 2.45) is 0 Å². The Labute approximate surface area is 127 Å². The number of carbonyl (C=O) groups is 3. The first-order chi connectivity index (χ1) is 10.6. The van der Waals surface area contributed by atoms with E-state index in [1.165, 1.54) is 6.08 Å². The molecule has 1 saturated heterocycles. The molecular weight excluding hydrogens is 290 g/mol. The number of esters is 1. The average molecular weight is 305 g/mol. The summed E-state index contributed by atoms with van der Waals surface area (Å²) in [5.74, 6) is -0.618. The van der Waals surface area contributed by atoms with Crippen molar-refractivity contribution in [1.29, 1.82) is 0 Å². The van der Waals surface area contributed by atoms with Gasteiger partial charge < -0.3 is 14.2 Å². The van der Waals surface area contributed by atoms with E-state index >= 15 is 0 Å². The first-order valence-corrected chi connectivity index (χ1v) is 6.56. The Hall–Kier alpha value is -2.83. The molecule has 1 aliphatic heterocycles. The normalized spacial score (nSPS) is 14.0. The van der Waals surface area contributed by atoms with Crippen LogP contribution in [0.25, 0.3) is 6.08 Å². The summed E-state index contributed by atoms with van der Waals surface area (Å²) in [5.41, 5.74) is 0.755. The number of cyclic esters (lactones) is 1. The van der Waals surface area contributed by atoms with E-state index in [0.29, 0.717) is 5.75 Å². The van der Waals surface area contributed by atoms with Gasteiger partial charge in [0.05, 0.1) is 13.7 Å². The summed E-state index contributed by atoms with van der Waals surface area (Å²) in [6.45, 7) is -0.167. The van der Waals surface area contributed by atoms with Gasteiger partial charge >= 0.3 is 12.1 Å². The monoisotopic (exact) mass is 305 g/mol. The molecule has 1 aliphatic rings. The lowest BCUT2D eigenvalue weighted by Gasteiger charge is -2.09. The van der Waals surface area contributed by atoms with Crippen LogP contribution < -0.4 is 4.74 Å². The van der Waals surface area contributed by atoms with E-state index in [9.17, 15) is 14.4 Å². The minimum Gasteiger partial charge on any atom is -0.497 e. The molecule has 0 spiro atoms. The van der Waals surface area contributed by atoms with E-state index < -0.39 is 24.6 Å². The fraction of sp³-hybridized carbons (Fsp3) is 0.267. The molecule has 0 N–H and O–H groups in total. The molecule has 7 heteroatoms. The van der Waals surface area contributed by atoms with Crippen LogP contribution in [0.4, 0.5) is 4.79 Å². The van der Waals surface area contributed by atoms with Gasteiger partial charge in [0.2, 0.25) is 0 Å². The van der Waals surface area contributed by atoms with Crippen molar-refractivity contribution in [3.8, 4) is 5.75 Å². The number of methoxy groups -OCH3 is 1. The lowest BCUT2D eigenvalue weighted by atomic mass is 10.2. The van der Waals surface area contributed by atoms with Crippen molar-refractivity contribution < 1.29 is 28.6 Å². The Kier molecular flexibility index (Phi) is 5.13. The number of carbonyl (C=O) groups excluding carboxylic acids is 3. The molecule has 0 atom stereocenters. The highest BCUT2D eigenvalue weighted by Crippen LogP contribution is 2.13. The van der Waals surface area contributed by atoms with Gasteiger partial charge in [-0.3, -0.25) is 4.79 Å². The van der Waals surface area contributed by atoms with Crippen LogP contribution in [0.5, 0.6) is 5.75 Å². The van der Waals surface area contributed by atoms with Crippen molar-refractivity contribution >= 4 is 24.0 Å². The van der Waals surface area contributed by atoms with Gasteiger partial charge in [0.1, 0.15) is 12.4 Å². The molecule has 1 aromatic carbocycles. The van der Waals surface area contributed by atoms with Crippen LogP contribution in [0.2, 0.25) is 0 Å². The second kappa shape index (κ2) is 7.26. The summed E-state index contributed by atoms with van der Waals surface area (Å²) < 4.78 is 14.5. The lowest BCUT2D eigenvalue weighted by molar-refractivity contribution is -0.146. The largest absolute Gasteiger partial charge is 0.497 e. The number of hydrogen-bond donors (Lipinski definition) is 0. The molecule has 0 aliphatic carbocycles. The zero-order chi connectivity index (χ0) is 15.9. The van der Waals surface area contributed by atoms with Crippen LogP contribution in [0.1, 0.15) is 5.56 Å². The van der Waals surface area contributed by atoms with E-state index in [1.807, 2.05) is 0 Å². The van der Waals surface area contributed by atoms with E-state index in [0.717, 1.165) is 10.5 Å². The van der Waals surface area contributed by atoms with Crippen molar-refractivity contribution in [3.63, 3.8) is 0 Å². The number of imide groups is 1. The summed E-state index contributed by atoms with van der Waals surface area (Å²) in [6.07, 6.45) is 2.03. The second-order valence-corrected chi connectivity index (χ2v) is 4.38. The molecule has 1 aromatic rings. The Bertz CT molecular complexity index is 610. The molecule has 0 unspecified atom stereocenters. The summed E-state index contributed by atoms with van der Waals surface area (Å²) >= 11 is 0. The summed E-state index contributed by atoms with van der Waals surface area (Å²) in [5, 5.41) is 0. The van der Waals surface area contributed by atoms with Crippen LogP contribution in [0.3, 0.4) is 0 Å². The standard InChI is InChI=1S/C15H15NO6/c1-20-12-4-2-3-11(9-12)5-6-14(18)22-10-13(17)16-7-8-21-15(16)19/h2-6,9H,7-8,10H2,1H3/b6-5+. The van der Waals surface area contributed by atoms with E-state index in [4.69, 9.17) is 9.47 Å². The molecule has 2 rings (SSSR count). The third kappa shape index (κ3) is 4.08. The summed E-state index contributed by atoms with van der Waals surface area (Å²) in [7, 11) is 1.55. The predicted octanol–water partition coefficient (Wildman–Crippen LogP) is 1.23.